The molecule has 0 aromatic rings. The van der Waals surface area contributed by atoms with Crippen LogP contribution in [0.2, 0.25) is 0 Å². The molecular formula is C13H24ClN3O2S. The third-order valence-corrected chi connectivity index (χ3v) is 4.83. The molecule has 2 amide bonds. The molecule has 1 N–H and O–H groups in total. The molecule has 5 nitrogen and oxygen atoms in total. The molecule has 0 aromatic carbocycles. The molecule has 0 bridgehead atoms. The van der Waals surface area contributed by atoms with E-state index in [9.17, 15) is 9.59 Å². The summed E-state index contributed by atoms with van der Waals surface area (Å²) in [5.41, 5.74) is 0. The first-order chi connectivity index (χ1) is 9.20. The van der Waals surface area contributed by atoms with Gasteiger partial charge in [0.15, 0.2) is 0 Å². The topological polar surface area (TPSA) is 52.7 Å². The number of likely N-dealkylation sites (tertiary alicyclic amines) is 1. The number of rotatable bonds is 5. The van der Waals surface area contributed by atoms with Crippen LogP contribution in [-0.4, -0.2) is 66.5 Å². The highest BCUT2D eigenvalue weighted by molar-refractivity contribution is 8.13. The zero-order chi connectivity index (χ0) is 13.7. The van der Waals surface area contributed by atoms with Crippen LogP contribution in [0.25, 0.3) is 0 Å². The number of piperidine rings is 1. The first kappa shape index (κ1) is 17.6. The maximum atomic E-state index is 12.1. The van der Waals surface area contributed by atoms with E-state index in [2.05, 4.69) is 5.32 Å². The fourth-order valence-electron chi connectivity index (χ4n) is 2.65. The highest BCUT2D eigenvalue weighted by Crippen LogP contribution is 2.21. The summed E-state index contributed by atoms with van der Waals surface area (Å²) in [6, 6.07) is 0. The van der Waals surface area contributed by atoms with Gasteiger partial charge in [-0.2, -0.15) is 0 Å². The summed E-state index contributed by atoms with van der Waals surface area (Å²) in [4.78, 5) is 27.2. The van der Waals surface area contributed by atoms with Crippen LogP contribution in [0.3, 0.4) is 0 Å². The van der Waals surface area contributed by atoms with Crippen LogP contribution < -0.4 is 5.32 Å². The molecule has 2 aliphatic heterocycles. The number of nitrogens with one attached hydrogen (secondary N) is 1. The molecule has 0 aromatic heterocycles. The van der Waals surface area contributed by atoms with Gasteiger partial charge in [-0.15, -0.1) is 12.4 Å². The lowest BCUT2D eigenvalue weighted by Crippen LogP contribution is -2.44. The van der Waals surface area contributed by atoms with Crippen LogP contribution in [0.15, 0.2) is 0 Å². The second kappa shape index (κ2) is 8.74. The lowest BCUT2D eigenvalue weighted by Gasteiger charge is -2.33. The van der Waals surface area contributed by atoms with E-state index < -0.39 is 0 Å². The summed E-state index contributed by atoms with van der Waals surface area (Å²) in [7, 11) is 1.98. The molecule has 2 heterocycles. The number of nitrogens with zero attached hydrogens (tertiary/aromatic N) is 2. The van der Waals surface area contributed by atoms with Crippen molar-refractivity contribution in [3.63, 3.8) is 0 Å². The van der Waals surface area contributed by atoms with Crippen LogP contribution in [0.5, 0.6) is 0 Å². The Kier molecular flexibility index (Phi) is 7.69. The fraction of sp³-hybridized carbons (Fsp3) is 0.846. The monoisotopic (exact) mass is 321 g/mol. The van der Waals surface area contributed by atoms with E-state index in [4.69, 9.17) is 0 Å². The van der Waals surface area contributed by atoms with E-state index in [0.717, 1.165) is 44.1 Å². The predicted octanol–water partition coefficient (Wildman–Crippen LogP) is 1.43. The van der Waals surface area contributed by atoms with Crippen molar-refractivity contribution in [2.75, 3.05) is 45.5 Å². The molecule has 2 aliphatic rings. The Morgan fingerprint density at radius 3 is 2.60 bits per heavy atom. The minimum atomic E-state index is 0. The maximum absolute atomic E-state index is 12.1. The Morgan fingerprint density at radius 1 is 1.35 bits per heavy atom. The molecule has 0 aliphatic carbocycles. The second-order valence-electron chi connectivity index (χ2n) is 5.25. The summed E-state index contributed by atoms with van der Waals surface area (Å²) in [6.07, 6.45) is 3.38. The largest absolute Gasteiger partial charge is 0.341 e. The Bertz CT molecular complexity index is 336. The van der Waals surface area contributed by atoms with E-state index >= 15 is 0 Å². The summed E-state index contributed by atoms with van der Waals surface area (Å²) in [6.45, 7) is 3.74. The highest BCUT2D eigenvalue weighted by atomic mass is 35.5. The Morgan fingerprint density at radius 2 is 2.05 bits per heavy atom. The second-order valence-corrected chi connectivity index (χ2v) is 6.30. The molecule has 2 fully saturated rings. The van der Waals surface area contributed by atoms with Crippen LogP contribution >= 0.6 is 24.2 Å². The van der Waals surface area contributed by atoms with Gasteiger partial charge in [-0.25, -0.2) is 0 Å². The van der Waals surface area contributed by atoms with E-state index in [0.29, 0.717) is 6.54 Å². The van der Waals surface area contributed by atoms with Crippen molar-refractivity contribution in [3.8, 4) is 0 Å². The van der Waals surface area contributed by atoms with Gasteiger partial charge in [-0.1, -0.05) is 11.8 Å². The van der Waals surface area contributed by atoms with Crippen LogP contribution in [0, 0.1) is 5.92 Å². The van der Waals surface area contributed by atoms with Crippen molar-refractivity contribution in [1.29, 1.82) is 0 Å². The molecule has 0 spiro atoms. The van der Waals surface area contributed by atoms with Gasteiger partial charge in [0.2, 0.25) is 5.91 Å². The molecule has 0 unspecified atom stereocenters. The normalized spacial score (nSPS) is 20.1. The Balaban J connectivity index is 0.00000200. The molecule has 116 valence electrons. The average molecular weight is 322 g/mol. The summed E-state index contributed by atoms with van der Waals surface area (Å²) in [5.74, 6) is 1.67. The lowest BCUT2D eigenvalue weighted by atomic mass is 9.93. The molecule has 2 saturated heterocycles. The SMILES string of the molecule is CNCCC1CCN(C(=O)CN2CCSC2=O)CC1.Cl. The van der Waals surface area contributed by atoms with Gasteiger partial charge in [-0.05, 0) is 38.8 Å². The van der Waals surface area contributed by atoms with Gasteiger partial charge in [0, 0.05) is 25.4 Å². The van der Waals surface area contributed by atoms with Crippen molar-refractivity contribution in [1.82, 2.24) is 15.1 Å². The van der Waals surface area contributed by atoms with Crippen LogP contribution in [0.4, 0.5) is 4.79 Å². The zero-order valence-corrected chi connectivity index (χ0v) is 13.6. The first-order valence-corrected chi connectivity index (χ1v) is 8.03. The maximum Gasteiger partial charge on any atom is 0.282 e. The summed E-state index contributed by atoms with van der Waals surface area (Å²) < 4.78 is 0. The Labute approximate surface area is 131 Å². The van der Waals surface area contributed by atoms with Gasteiger partial charge in [-0.3, -0.25) is 9.59 Å². The number of amides is 2. The average Bonchev–Trinajstić information content (AvgIpc) is 2.82. The zero-order valence-electron chi connectivity index (χ0n) is 12.0. The van der Waals surface area contributed by atoms with Crippen molar-refractivity contribution in [3.05, 3.63) is 0 Å². The third-order valence-electron chi connectivity index (χ3n) is 3.94. The van der Waals surface area contributed by atoms with E-state index in [-0.39, 0.29) is 30.1 Å². The highest BCUT2D eigenvalue weighted by Gasteiger charge is 2.27. The van der Waals surface area contributed by atoms with E-state index in [1.54, 1.807) is 4.90 Å². The van der Waals surface area contributed by atoms with Crippen molar-refractivity contribution < 1.29 is 9.59 Å². The smallest absolute Gasteiger partial charge is 0.282 e. The predicted molar refractivity (Wildman–Crippen MR) is 84.5 cm³/mol. The number of carbonyl (C=O) groups excluding carboxylic acids is 2. The van der Waals surface area contributed by atoms with Crippen LogP contribution in [-0.2, 0) is 4.79 Å². The van der Waals surface area contributed by atoms with Gasteiger partial charge in [0.25, 0.3) is 5.24 Å². The van der Waals surface area contributed by atoms with Crippen molar-refractivity contribution >= 4 is 35.3 Å². The van der Waals surface area contributed by atoms with E-state index in [1.165, 1.54) is 18.2 Å². The summed E-state index contributed by atoms with van der Waals surface area (Å²) >= 11 is 1.31. The minimum absolute atomic E-state index is 0. The molecule has 7 heteroatoms. The number of hydrogen-bond donors (Lipinski definition) is 1. The number of thioether (sulfide) groups is 1. The Hall–Kier alpha value is -0.460. The molecule has 0 atom stereocenters. The van der Waals surface area contributed by atoms with E-state index in [1.807, 2.05) is 11.9 Å². The van der Waals surface area contributed by atoms with Gasteiger partial charge in [0.05, 0.1) is 0 Å². The van der Waals surface area contributed by atoms with Crippen molar-refractivity contribution in [2.24, 2.45) is 5.92 Å². The quantitative estimate of drug-likeness (QED) is 0.832. The molecular weight excluding hydrogens is 298 g/mol. The van der Waals surface area contributed by atoms with Crippen LogP contribution in [0.1, 0.15) is 19.3 Å². The van der Waals surface area contributed by atoms with Crippen molar-refractivity contribution in [2.45, 2.75) is 19.3 Å². The number of carbonyl (C=O) groups is 2. The first-order valence-electron chi connectivity index (χ1n) is 7.05. The molecule has 0 saturated carbocycles. The molecule has 2 rings (SSSR count). The lowest BCUT2D eigenvalue weighted by molar-refractivity contribution is -0.133. The van der Waals surface area contributed by atoms with Gasteiger partial charge in [0.1, 0.15) is 6.54 Å². The number of hydrogen-bond acceptors (Lipinski definition) is 4. The fourth-order valence-corrected chi connectivity index (χ4v) is 3.48. The van der Waals surface area contributed by atoms with Gasteiger partial charge >= 0.3 is 0 Å². The third kappa shape index (κ3) is 4.82. The van der Waals surface area contributed by atoms with Gasteiger partial charge < -0.3 is 15.1 Å². The number of halogens is 1. The minimum Gasteiger partial charge on any atom is -0.341 e. The standard InChI is InChI=1S/C13H23N3O2S.ClH/c1-14-5-2-11-3-6-15(7-4-11)12(17)10-16-8-9-19-13(16)18;/h11,14H,2-10H2,1H3;1H. The molecule has 0 radical (unpaired) electrons. The molecule has 20 heavy (non-hydrogen) atoms. The summed E-state index contributed by atoms with van der Waals surface area (Å²) in [5, 5.41) is 3.23.